The Morgan fingerprint density at radius 1 is 1.26 bits per heavy atom. The van der Waals surface area contributed by atoms with E-state index in [-0.39, 0.29) is 4.90 Å². The van der Waals surface area contributed by atoms with Crippen molar-refractivity contribution < 1.29 is 8.42 Å². The minimum atomic E-state index is -3.41. The van der Waals surface area contributed by atoms with Crippen molar-refractivity contribution in [2.75, 3.05) is 20.6 Å². The molecule has 1 rings (SSSR count). The van der Waals surface area contributed by atoms with Gasteiger partial charge in [-0.05, 0) is 43.3 Å². The molecule has 0 heterocycles. The van der Waals surface area contributed by atoms with Crippen LogP contribution in [0.25, 0.3) is 0 Å². The third-order valence-corrected chi connectivity index (χ3v) is 5.26. The average Bonchev–Trinajstić information content (AvgIpc) is 2.52. The van der Waals surface area contributed by atoms with Gasteiger partial charge < -0.3 is 5.32 Å². The standard InChI is InChI=1S/C15H24N4O2S2/c1-5-6-11-16-15(22)18-17-12(2)13-7-9-14(10-8-13)23(20,21)19(3)4/h7-10H,5-6,11H2,1-4H3,(H2,16,18,22)/b17-12-. The number of unbranched alkanes of at least 4 members (excludes halogenated alkanes) is 1. The Morgan fingerprint density at radius 2 is 1.87 bits per heavy atom. The summed E-state index contributed by atoms with van der Waals surface area (Å²) < 4.78 is 25.2. The van der Waals surface area contributed by atoms with Crippen LogP contribution in [-0.4, -0.2) is 44.2 Å². The van der Waals surface area contributed by atoms with Crippen LogP contribution in [0.1, 0.15) is 32.3 Å². The van der Waals surface area contributed by atoms with Gasteiger partial charge in [0.25, 0.3) is 0 Å². The zero-order valence-corrected chi connectivity index (χ0v) is 15.6. The zero-order valence-electron chi connectivity index (χ0n) is 14.0. The first kappa shape index (κ1) is 19.5. The number of hydrogen-bond acceptors (Lipinski definition) is 4. The number of hydrazone groups is 1. The number of nitrogens with zero attached hydrogens (tertiary/aromatic N) is 2. The Hall–Kier alpha value is -1.51. The molecule has 128 valence electrons. The Morgan fingerprint density at radius 3 is 2.39 bits per heavy atom. The maximum atomic E-state index is 12.0. The van der Waals surface area contributed by atoms with Crippen LogP contribution in [0.3, 0.4) is 0 Å². The van der Waals surface area contributed by atoms with Crippen molar-refractivity contribution in [3.63, 3.8) is 0 Å². The van der Waals surface area contributed by atoms with Gasteiger partial charge >= 0.3 is 0 Å². The molecule has 1 aromatic carbocycles. The molecule has 0 bridgehead atoms. The average molecular weight is 357 g/mol. The van der Waals surface area contributed by atoms with Gasteiger partial charge in [-0.2, -0.15) is 5.10 Å². The van der Waals surface area contributed by atoms with Crippen LogP contribution < -0.4 is 10.7 Å². The number of rotatable bonds is 7. The molecule has 0 aliphatic heterocycles. The number of nitrogens with one attached hydrogen (secondary N) is 2. The van der Waals surface area contributed by atoms with E-state index < -0.39 is 10.0 Å². The summed E-state index contributed by atoms with van der Waals surface area (Å²) >= 11 is 5.12. The minimum absolute atomic E-state index is 0.253. The fourth-order valence-corrected chi connectivity index (χ4v) is 2.75. The predicted molar refractivity (Wildman–Crippen MR) is 98.2 cm³/mol. The van der Waals surface area contributed by atoms with Crippen LogP contribution in [-0.2, 0) is 10.0 Å². The van der Waals surface area contributed by atoms with Gasteiger partial charge in [-0.3, -0.25) is 5.43 Å². The Bertz CT molecular complexity index is 653. The first-order chi connectivity index (χ1) is 10.8. The van der Waals surface area contributed by atoms with Crippen LogP contribution >= 0.6 is 12.2 Å². The SMILES string of the molecule is CCCCNC(=S)N/N=C(/C)c1ccc(S(=O)(=O)N(C)C)cc1. The van der Waals surface area contributed by atoms with Crippen molar-refractivity contribution in [1.82, 2.24) is 15.0 Å². The molecule has 8 heteroatoms. The monoisotopic (exact) mass is 356 g/mol. The molecule has 0 unspecified atom stereocenters. The molecule has 1 aromatic rings. The Balaban J connectivity index is 2.72. The van der Waals surface area contributed by atoms with E-state index >= 15 is 0 Å². The van der Waals surface area contributed by atoms with E-state index in [1.807, 2.05) is 6.92 Å². The highest BCUT2D eigenvalue weighted by Crippen LogP contribution is 2.14. The van der Waals surface area contributed by atoms with Crippen LogP contribution in [0.2, 0.25) is 0 Å². The molecular formula is C15H24N4O2S2. The molecule has 0 saturated carbocycles. The minimum Gasteiger partial charge on any atom is -0.361 e. The Kier molecular flexibility index (Phi) is 7.60. The van der Waals surface area contributed by atoms with Gasteiger partial charge in [0.1, 0.15) is 0 Å². The van der Waals surface area contributed by atoms with E-state index in [4.69, 9.17) is 12.2 Å². The summed E-state index contributed by atoms with van der Waals surface area (Å²) in [6.07, 6.45) is 2.15. The topological polar surface area (TPSA) is 73.8 Å². The molecule has 0 amide bonds. The molecular weight excluding hydrogens is 332 g/mol. The summed E-state index contributed by atoms with van der Waals surface area (Å²) in [5.74, 6) is 0. The Labute approximate surface area is 144 Å². The molecule has 0 saturated heterocycles. The number of sulfonamides is 1. The zero-order chi connectivity index (χ0) is 17.5. The van der Waals surface area contributed by atoms with Gasteiger partial charge in [0.2, 0.25) is 10.0 Å². The molecule has 0 radical (unpaired) electrons. The van der Waals surface area contributed by atoms with Gasteiger partial charge in [0.15, 0.2) is 5.11 Å². The third kappa shape index (κ3) is 5.89. The summed E-state index contributed by atoms with van der Waals surface area (Å²) in [6, 6.07) is 6.60. The predicted octanol–water partition coefficient (Wildman–Crippen LogP) is 1.93. The lowest BCUT2D eigenvalue weighted by Gasteiger charge is -2.11. The van der Waals surface area contributed by atoms with Crippen LogP contribution in [0.4, 0.5) is 0 Å². The van der Waals surface area contributed by atoms with Crippen LogP contribution in [0, 0.1) is 0 Å². The second-order valence-corrected chi connectivity index (χ2v) is 7.79. The van der Waals surface area contributed by atoms with Gasteiger partial charge in [0, 0.05) is 20.6 Å². The summed E-state index contributed by atoms with van der Waals surface area (Å²) in [6.45, 7) is 4.76. The van der Waals surface area contributed by atoms with Crippen molar-refractivity contribution in [2.24, 2.45) is 5.10 Å². The van der Waals surface area contributed by atoms with E-state index in [2.05, 4.69) is 22.8 Å². The summed E-state index contributed by atoms with van der Waals surface area (Å²) in [7, 11) is -0.398. The normalized spacial score (nSPS) is 12.3. The van der Waals surface area contributed by atoms with Gasteiger partial charge in [-0.15, -0.1) is 0 Å². The number of benzene rings is 1. The summed E-state index contributed by atoms with van der Waals surface area (Å²) in [5.41, 5.74) is 4.33. The highest BCUT2D eigenvalue weighted by Gasteiger charge is 2.16. The number of hydrogen-bond donors (Lipinski definition) is 2. The quantitative estimate of drug-likeness (QED) is 0.338. The molecule has 0 aliphatic carbocycles. The third-order valence-electron chi connectivity index (χ3n) is 3.19. The van der Waals surface area contributed by atoms with Crippen LogP contribution in [0.15, 0.2) is 34.3 Å². The first-order valence-corrected chi connectivity index (χ1v) is 9.25. The summed E-state index contributed by atoms with van der Waals surface area (Å²) in [5, 5.41) is 7.74. The maximum absolute atomic E-state index is 12.0. The molecule has 0 fully saturated rings. The van der Waals surface area contributed by atoms with Crippen molar-refractivity contribution in [1.29, 1.82) is 0 Å². The lowest BCUT2D eigenvalue weighted by Crippen LogP contribution is -2.33. The van der Waals surface area contributed by atoms with E-state index in [1.165, 1.54) is 18.4 Å². The van der Waals surface area contributed by atoms with Crippen molar-refractivity contribution in [2.45, 2.75) is 31.6 Å². The molecule has 2 N–H and O–H groups in total. The van der Waals surface area contributed by atoms with E-state index in [0.717, 1.165) is 30.7 Å². The lowest BCUT2D eigenvalue weighted by atomic mass is 10.1. The number of thiocarbonyl (C=S) groups is 1. The molecule has 0 aromatic heterocycles. The van der Waals surface area contributed by atoms with Gasteiger partial charge in [-0.1, -0.05) is 25.5 Å². The molecule has 0 spiro atoms. The smallest absolute Gasteiger partial charge is 0.242 e. The fraction of sp³-hybridized carbons (Fsp3) is 0.467. The highest BCUT2D eigenvalue weighted by atomic mass is 32.2. The fourth-order valence-electron chi connectivity index (χ4n) is 1.70. The second kappa shape index (κ2) is 8.95. The lowest BCUT2D eigenvalue weighted by molar-refractivity contribution is 0.521. The first-order valence-electron chi connectivity index (χ1n) is 7.40. The summed E-state index contributed by atoms with van der Waals surface area (Å²) in [4.78, 5) is 0.253. The second-order valence-electron chi connectivity index (χ2n) is 5.23. The molecule has 0 aliphatic rings. The van der Waals surface area contributed by atoms with Gasteiger partial charge in [0.05, 0.1) is 10.6 Å². The molecule has 0 atom stereocenters. The highest BCUT2D eigenvalue weighted by molar-refractivity contribution is 7.89. The van der Waals surface area contributed by atoms with Gasteiger partial charge in [-0.25, -0.2) is 12.7 Å². The van der Waals surface area contributed by atoms with E-state index in [1.54, 1.807) is 24.3 Å². The van der Waals surface area contributed by atoms with E-state index in [0.29, 0.717) is 5.11 Å². The maximum Gasteiger partial charge on any atom is 0.242 e. The molecule has 23 heavy (non-hydrogen) atoms. The van der Waals surface area contributed by atoms with Crippen LogP contribution in [0.5, 0.6) is 0 Å². The van der Waals surface area contributed by atoms with Crippen molar-refractivity contribution in [3.8, 4) is 0 Å². The van der Waals surface area contributed by atoms with E-state index in [9.17, 15) is 8.42 Å². The van der Waals surface area contributed by atoms with Crippen molar-refractivity contribution >= 4 is 33.1 Å². The van der Waals surface area contributed by atoms with Crippen molar-refractivity contribution in [3.05, 3.63) is 29.8 Å². The molecule has 6 nitrogen and oxygen atoms in total. The largest absolute Gasteiger partial charge is 0.361 e.